The van der Waals surface area contributed by atoms with E-state index in [1.807, 2.05) is 26.0 Å². The van der Waals surface area contributed by atoms with E-state index in [-0.39, 0.29) is 16.8 Å². The number of benzene rings is 2. The molecule has 0 aliphatic carbocycles. The van der Waals surface area contributed by atoms with Crippen molar-refractivity contribution in [2.75, 3.05) is 10.6 Å². The van der Waals surface area contributed by atoms with Crippen molar-refractivity contribution in [3.8, 4) is 21.0 Å². The normalized spacial score (nSPS) is 11.9. The number of nitrogens with one attached hydrogen (secondary N) is 4. The first-order chi connectivity index (χ1) is 16.7. The van der Waals surface area contributed by atoms with Crippen LogP contribution in [0.2, 0.25) is 0 Å². The highest BCUT2D eigenvalue weighted by atomic mass is 32.2. The number of thiazole rings is 1. The SMILES string of the molecule is CC(=O)Nc1ccc(-c2ncc(-c3ccc(NC(=S)NC(C)C)cc3S(=O)(=O)NC(C)(C)C)s2)cc1. The van der Waals surface area contributed by atoms with E-state index in [0.717, 1.165) is 10.6 Å². The molecule has 192 valence electrons. The molecule has 11 heteroatoms. The van der Waals surface area contributed by atoms with Gasteiger partial charge in [0.25, 0.3) is 0 Å². The highest BCUT2D eigenvalue weighted by Crippen LogP contribution is 2.37. The Kier molecular flexibility index (Phi) is 8.50. The summed E-state index contributed by atoms with van der Waals surface area (Å²) in [7, 11) is -3.87. The summed E-state index contributed by atoms with van der Waals surface area (Å²) in [5, 5.41) is 10.0. The third-order valence-electron chi connectivity index (χ3n) is 4.61. The quantitative estimate of drug-likeness (QED) is 0.302. The monoisotopic (exact) mass is 545 g/mol. The summed E-state index contributed by atoms with van der Waals surface area (Å²) < 4.78 is 29.6. The lowest BCUT2D eigenvalue weighted by Gasteiger charge is -2.22. The number of sulfonamides is 1. The molecular formula is C25H31N5O3S3. The van der Waals surface area contributed by atoms with Gasteiger partial charge in [0.15, 0.2) is 5.11 Å². The van der Waals surface area contributed by atoms with Gasteiger partial charge >= 0.3 is 0 Å². The maximum absolute atomic E-state index is 13.4. The van der Waals surface area contributed by atoms with Crippen molar-refractivity contribution in [3.63, 3.8) is 0 Å². The van der Waals surface area contributed by atoms with Gasteiger partial charge in [0.1, 0.15) is 5.01 Å². The van der Waals surface area contributed by atoms with Gasteiger partial charge in [-0.1, -0.05) is 6.07 Å². The van der Waals surface area contributed by atoms with Crippen molar-refractivity contribution in [1.82, 2.24) is 15.0 Å². The molecule has 2 aromatic carbocycles. The maximum atomic E-state index is 13.4. The number of carbonyl (C=O) groups is 1. The molecule has 4 N–H and O–H groups in total. The molecule has 0 bridgehead atoms. The number of amides is 1. The molecule has 0 radical (unpaired) electrons. The average molecular weight is 546 g/mol. The molecule has 0 aliphatic heterocycles. The zero-order chi connectivity index (χ0) is 26.7. The van der Waals surface area contributed by atoms with E-state index in [1.54, 1.807) is 57.3 Å². The second kappa shape index (κ2) is 11.0. The summed E-state index contributed by atoms with van der Waals surface area (Å²) in [4.78, 5) is 16.6. The minimum Gasteiger partial charge on any atom is -0.360 e. The summed E-state index contributed by atoms with van der Waals surface area (Å²) in [5.74, 6) is -0.143. The Hall–Kier alpha value is -2.86. The summed E-state index contributed by atoms with van der Waals surface area (Å²) in [6.45, 7) is 10.8. The predicted molar refractivity (Wildman–Crippen MR) is 152 cm³/mol. The van der Waals surface area contributed by atoms with Crippen molar-refractivity contribution < 1.29 is 13.2 Å². The molecule has 1 aromatic heterocycles. The van der Waals surface area contributed by atoms with E-state index in [1.165, 1.54) is 18.3 Å². The number of aromatic nitrogens is 1. The summed E-state index contributed by atoms with van der Waals surface area (Å²) in [6.07, 6.45) is 1.67. The Morgan fingerprint density at radius 1 is 1.03 bits per heavy atom. The average Bonchev–Trinajstić information content (AvgIpc) is 3.21. The second-order valence-electron chi connectivity index (χ2n) is 9.61. The van der Waals surface area contributed by atoms with Crippen LogP contribution in [0.25, 0.3) is 21.0 Å². The number of thiocarbonyl (C=S) groups is 1. The second-order valence-corrected chi connectivity index (χ2v) is 12.7. The van der Waals surface area contributed by atoms with Crippen molar-refractivity contribution in [1.29, 1.82) is 0 Å². The van der Waals surface area contributed by atoms with Gasteiger partial charge in [-0.15, -0.1) is 11.3 Å². The molecule has 0 atom stereocenters. The van der Waals surface area contributed by atoms with Gasteiger partial charge in [0.2, 0.25) is 15.9 Å². The van der Waals surface area contributed by atoms with Crippen LogP contribution in [0.15, 0.2) is 53.6 Å². The van der Waals surface area contributed by atoms with Crippen LogP contribution in [0.1, 0.15) is 41.5 Å². The van der Waals surface area contributed by atoms with Gasteiger partial charge in [0.05, 0.1) is 9.77 Å². The summed E-state index contributed by atoms with van der Waals surface area (Å²) in [6, 6.07) is 12.6. The van der Waals surface area contributed by atoms with Crippen LogP contribution in [0, 0.1) is 0 Å². The van der Waals surface area contributed by atoms with Crippen molar-refractivity contribution >= 4 is 56.0 Å². The zero-order valence-corrected chi connectivity index (χ0v) is 23.5. The van der Waals surface area contributed by atoms with Crippen molar-refractivity contribution in [2.45, 2.75) is 58.0 Å². The highest BCUT2D eigenvalue weighted by molar-refractivity contribution is 7.89. The molecule has 3 aromatic rings. The van der Waals surface area contributed by atoms with Crippen molar-refractivity contribution in [2.24, 2.45) is 0 Å². The van der Waals surface area contributed by atoms with Crippen LogP contribution in [-0.4, -0.2) is 36.0 Å². The van der Waals surface area contributed by atoms with Crippen LogP contribution in [0.4, 0.5) is 11.4 Å². The van der Waals surface area contributed by atoms with E-state index in [9.17, 15) is 13.2 Å². The molecule has 1 amide bonds. The number of anilines is 2. The highest BCUT2D eigenvalue weighted by Gasteiger charge is 2.26. The fraction of sp³-hybridized carbons (Fsp3) is 0.320. The van der Waals surface area contributed by atoms with Crippen LogP contribution in [0.3, 0.4) is 0 Å². The third-order valence-corrected chi connectivity index (χ3v) is 7.71. The number of rotatable bonds is 7. The van der Waals surface area contributed by atoms with Gasteiger partial charge in [-0.2, -0.15) is 0 Å². The molecule has 0 aliphatic rings. The molecule has 0 saturated heterocycles. The van der Waals surface area contributed by atoms with E-state index >= 15 is 0 Å². The number of hydrogen-bond acceptors (Lipinski definition) is 6. The Morgan fingerprint density at radius 3 is 2.25 bits per heavy atom. The van der Waals surface area contributed by atoms with Gasteiger partial charge in [-0.3, -0.25) is 4.79 Å². The summed E-state index contributed by atoms with van der Waals surface area (Å²) in [5.41, 5.74) is 1.99. The Bertz CT molecular complexity index is 1360. The molecule has 3 rings (SSSR count). The predicted octanol–water partition coefficient (Wildman–Crippen LogP) is 5.21. The van der Waals surface area contributed by atoms with Gasteiger partial charge in [-0.05, 0) is 83.2 Å². The minimum absolute atomic E-state index is 0.131. The molecule has 8 nitrogen and oxygen atoms in total. The topological polar surface area (TPSA) is 112 Å². The fourth-order valence-corrected chi connectivity index (χ4v) is 6.39. The molecule has 1 heterocycles. The Morgan fingerprint density at radius 2 is 1.67 bits per heavy atom. The Balaban J connectivity index is 2.00. The number of hydrogen-bond donors (Lipinski definition) is 4. The van der Waals surface area contributed by atoms with Gasteiger partial charge in [-0.25, -0.2) is 18.1 Å². The summed E-state index contributed by atoms with van der Waals surface area (Å²) >= 11 is 6.72. The largest absolute Gasteiger partial charge is 0.360 e. The van der Waals surface area contributed by atoms with E-state index in [2.05, 4.69) is 25.7 Å². The molecule has 0 unspecified atom stereocenters. The molecule has 36 heavy (non-hydrogen) atoms. The molecule has 0 spiro atoms. The lowest BCUT2D eigenvalue weighted by molar-refractivity contribution is -0.114. The van der Waals surface area contributed by atoms with Crippen LogP contribution >= 0.6 is 23.6 Å². The Labute approximate surface area is 222 Å². The lowest BCUT2D eigenvalue weighted by Crippen LogP contribution is -2.40. The van der Waals surface area contributed by atoms with E-state index < -0.39 is 15.6 Å². The number of carbonyl (C=O) groups excluding carboxylic acids is 1. The zero-order valence-electron chi connectivity index (χ0n) is 21.1. The van der Waals surface area contributed by atoms with Crippen molar-refractivity contribution in [3.05, 3.63) is 48.7 Å². The first-order valence-corrected chi connectivity index (χ1v) is 14.0. The smallest absolute Gasteiger partial charge is 0.241 e. The van der Waals surface area contributed by atoms with Crippen LogP contribution < -0.4 is 20.7 Å². The molecule has 0 fully saturated rings. The first kappa shape index (κ1) is 27.7. The van der Waals surface area contributed by atoms with E-state index in [4.69, 9.17) is 12.2 Å². The minimum atomic E-state index is -3.87. The first-order valence-electron chi connectivity index (χ1n) is 11.3. The number of nitrogens with zero attached hydrogens (tertiary/aromatic N) is 1. The lowest BCUT2D eigenvalue weighted by atomic mass is 10.1. The van der Waals surface area contributed by atoms with Gasteiger partial charge < -0.3 is 16.0 Å². The van der Waals surface area contributed by atoms with Crippen LogP contribution in [-0.2, 0) is 14.8 Å². The third kappa shape index (κ3) is 7.57. The fourth-order valence-electron chi connectivity index (χ4n) is 3.34. The molecule has 0 saturated carbocycles. The van der Waals surface area contributed by atoms with Crippen LogP contribution in [0.5, 0.6) is 0 Å². The standard InChI is InChI=1S/C25H31N5O3S3/c1-15(2)27-24(34)29-19-11-12-20(22(13-19)36(32,33)30-25(4,5)6)21-14-26-23(35-21)17-7-9-18(10-8-17)28-16(3)31/h7-15,30H,1-6H3,(H,28,31)(H2,27,29,34). The maximum Gasteiger partial charge on any atom is 0.241 e. The van der Waals surface area contributed by atoms with E-state index in [0.29, 0.717) is 26.9 Å². The van der Waals surface area contributed by atoms with Gasteiger partial charge in [0, 0.05) is 47.2 Å². The molecular weight excluding hydrogens is 515 g/mol.